The maximum atomic E-state index is 12.2. The number of ether oxygens (including phenoxy) is 2. The Balaban J connectivity index is 1.46. The van der Waals surface area contributed by atoms with Crippen molar-refractivity contribution in [2.24, 2.45) is 5.92 Å². The largest absolute Gasteiger partial charge is 0.454 e. The van der Waals surface area contributed by atoms with Crippen molar-refractivity contribution in [3.63, 3.8) is 0 Å². The van der Waals surface area contributed by atoms with Gasteiger partial charge in [0.15, 0.2) is 11.5 Å². The minimum Gasteiger partial charge on any atom is -0.454 e. The van der Waals surface area contributed by atoms with Crippen LogP contribution in [0.1, 0.15) is 44.6 Å². The maximum absolute atomic E-state index is 12.2. The van der Waals surface area contributed by atoms with E-state index >= 15 is 0 Å². The first-order valence-corrected chi connectivity index (χ1v) is 8.58. The van der Waals surface area contributed by atoms with Crippen LogP contribution in [0.3, 0.4) is 0 Å². The van der Waals surface area contributed by atoms with Crippen LogP contribution in [0, 0.1) is 5.92 Å². The Kier molecular flexibility index (Phi) is 5.23. The molecule has 1 aromatic carbocycles. The fourth-order valence-electron chi connectivity index (χ4n) is 3.31. The normalized spacial score (nSPS) is 17.5. The minimum absolute atomic E-state index is 0.0399. The molecule has 0 radical (unpaired) electrons. The first-order chi connectivity index (χ1) is 11.6. The van der Waals surface area contributed by atoms with E-state index in [-0.39, 0.29) is 18.6 Å². The summed E-state index contributed by atoms with van der Waals surface area (Å²) in [5.74, 6) is 1.60. The van der Waals surface area contributed by atoms with Gasteiger partial charge in [-0.15, -0.1) is 0 Å². The molecule has 1 aliphatic heterocycles. The lowest BCUT2D eigenvalue weighted by atomic mass is 10.0. The van der Waals surface area contributed by atoms with E-state index in [1.807, 2.05) is 18.2 Å². The summed E-state index contributed by atoms with van der Waals surface area (Å²) in [7, 11) is 0. The number of fused-ring (bicyclic) bond motifs is 1. The summed E-state index contributed by atoms with van der Waals surface area (Å²) >= 11 is 0. The summed E-state index contributed by atoms with van der Waals surface area (Å²) in [5, 5.41) is 5.63. The molecule has 1 aliphatic carbocycles. The van der Waals surface area contributed by atoms with Gasteiger partial charge in [0, 0.05) is 18.5 Å². The van der Waals surface area contributed by atoms with Crippen molar-refractivity contribution in [3.8, 4) is 11.5 Å². The fourth-order valence-corrected chi connectivity index (χ4v) is 3.31. The highest BCUT2D eigenvalue weighted by atomic mass is 16.7. The Morgan fingerprint density at radius 3 is 2.83 bits per heavy atom. The molecular weight excluding hydrogens is 308 g/mol. The van der Waals surface area contributed by atoms with Crippen molar-refractivity contribution in [2.75, 3.05) is 6.79 Å². The molecule has 1 aromatic rings. The van der Waals surface area contributed by atoms with E-state index in [4.69, 9.17) is 9.47 Å². The van der Waals surface area contributed by atoms with Crippen molar-refractivity contribution >= 4 is 11.8 Å². The average molecular weight is 332 g/mol. The van der Waals surface area contributed by atoms with E-state index < -0.39 is 6.04 Å². The van der Waals surface area contributed by atoms with Crippen LogP contribution in [0.4, 0.5) is 0 Å². The van der Waals surface area contributed by atoms with Crippen LogP contribution in [0.2, 0.25) is 0 Å². The van der Waals surface area contributed by atoms with Crippen molar-refractivity contribution in [1.29, 1.82) is 0 Å². The number of carbonyl (C=O) groups is 2. The first-order valence-electron chi connectivity index (χ1n) is 8.58. The molecule has 6 heteroatoms. The topological polar surface area (TPSA) is 76.7 Å². The van der Waals surface area contributed by atoms with Gasteiger partial charge in [0.1, 0.15) is 6.04 Å². The third-order valence-electron chi connectivity index (χ3n) is 4.65. The molecule has 2 aliphatic rings. The molecule has 0 aromatic heterocycles. The Hall–Kier alpha value is -2.24. The smallest absolute Gasteiger partial charge is 0.242 e. The fraction of sp³-hybridized carbons (Fsp3) is 0.556. The summed E-state index contributed by atoms with van der Waals surface area (Å²) in [6, 6.07) is 5.03. The highest BCUT2D eigenvalue weighted by Crippen LogP contribution is 2.35. The molecule has 2 N–H and O–H groups in total. The Bertz CT molecular complexity index is 611. The molecule has 1 atom stereocenters. The van der Waals surface area contributed by atoms with Crippen LogP contribution in [-0.4, -0.2) is 24.6 Å². The predicted octanol–water partition coefficient (Wildman–Crippen LogP) is 2.12. The lowest BCUT2D eigenvalue weighted by molar-refractivity contribution is -0.129. The number of hydrogen-bond acceptors (Lipinski definition) is 4. The van der Waals surface area contributed by atoms with E-state index in [0.29, 0.717) is 30.4 Å². The van der Waals surface area contributed by atoms with Crippen LogP contribution in [0.25, 0.3) is 0 Å². The Labute approximate surface area is 141 Å². The van der Waals surface area contributed by atoms with Gasteiger partial charge in [-0.3, -0.25) is 9.59 Å². The van der Waals surface area contributed by atoms with Crippen LogP contribution in [0.5, 0.6) is 11.5 Å². The molecule has 0 bridgehead atoms. The molecular formula is C18H24N2O4. The van der Waals surface area contributed by atoms with Gasteiger partial charge in [-0.25, -0.2) is 0 Å². The van der Waals surface area contributed by atoms with Crippen LogP contribution in [-0.2, 0) is 16.1 Å². The summed E-state index contributed by atoms with van der Waals surface area (Å²) in [6.45, 7) is 2.25. The van der Waals surface area contributed by atoms with Crippen molar-refractivity contribution < 1.29 is 19.1 Å². The molecule has 6 nitrogen and oxygen atoms in total. The molecule has 1 unspecified atom stereocenters. The molecule has 24 heavy (non-hydrogen) atoms. The second-order valence-corrected chi connectivity index (χ2v) is 6.51. The molecule has 1 saturated carbocycles. The zero-order valence-corrected chi connectivity index (χ0v) is 14.0. The highest BCUT2D eigenvalue weighted by Gasteiger charge is 2.22. The van der Waals surface area contributed by atoms with Gasteiger partial charge in [0.2, 0.25) is 18.6 Å². The predicted molar refractivity (Wildman–Crippen MR) is 88.6 cm³/mol. The lowest BCUT2D eigenvalue weighted by Gasteiger charge is -2.16. The maximum Gasteiger partial charge on any atom is 0.242 e. The third-order valence-corrected chi connectivity index (χ3v) is 4.65. The summed E-state index contributed by atoms with van der Waals surface area (Å²) in [4.78, 5) is 24.2. The number of nitrogens with one attached hydrogen (secondary N) is 2. The SMILES string of the molecule is CC(NC(=O)CC1CCCC1)C(=O)NCc1cccc2c1OCO2. The quantitative estimate of drug-likeness (QED) is 0.836. The second kappa shape index (κ2) is 7.55. The van der Waals surface area contributed by atoms with E-state index in [0.717, 1.165) is 18.4 Å². The summed E-state index contributed by atoms with van der Waals surface area (Å²) in [6.07, 6.45) is 5.18. The van der Waals surface area contributed by atoms with Gasteiger partial charge in [-0.1, -0.05) is 25.0 Å². The van der Waals surface area contributed by atoms with Crippen molar-refractivity contribution in [3.05, 3.63) is 23.8 Å². The van der Waals surface area contributed by atoms with Gasteiger partial charge in [0.05, 0.1) is 0 Å². The first kappa shape index (κ1) is 16.6. The van der Waals surface area contributed by atoms with Gasteiger partial charge >= 0.3 is 0 Å². The second-order valence-electron chi connectivity index (χ2n) is 6.51. The van der Waals surface area contributed by atoms with E-state index in [9.17, 15) is 9.59 Å². The van der Waals surface area contributed by atoms with Gasteiger partial charge in [-0.05, 0) is 31.7 Å². The van der Waals surface area contributed by atoms with E-state index in [2.05, 4.69) is 10.6 Å². The monoisotopic (exact) mass is 332 g/mol. The minimum atomic E-state index is -0.548. The highest BCUT2D eigenvalue weighted by molar-refractivity contribution is 5.87. The van der Waals surface area contributed by atoms with Gasteiger partial charge in [-0.2, -0.15) is 0 Å². The van der Waals surface area contributed by atoms with Gasteiger partial charge in [0.25, 0.3) is 0 Å². The number of amides is 2. The molecule has 3 rings (SSSR count). The number of para-hydroxylation sites is 1. The number of carbonyl (C=O) groups excluding carboxylic acids is 2. The van der Waals surface area contributed by atoms with E-state index in [1.165, 1.54) is 12.8 Å². The summed E-state index contributed by atoms with van der Waals surface area (Å²) < 4.78 is 10.7. The number of hydrogen-bond donors (Lipinski definition) is 2. The van der Waals surface area contributed by atoms with Crippen molar-refractivity contribution in [1.82, 2.24) is 10.6 Å². The molecule has 0 spiro atoms. The number of benzene rings is 1. The molecule has 1 fully saturated rings. The zero-order valence-electron chi connectivity index (χ0n) is 14.0. The molecule has 0 saturated heterocycles. The average Bonchev–Trinajstić information content (AvgIpc) is 3.23. The molecule has 2 amide bonds. The summed E-state index contributed by atoms with van der Waals surface area (Å²) in [5.41, 5.74) is 0.864. The van der Waals surface area contributed by atoms with Crippen molar-refractivity contribution in [2.45, 2.75) is 51.6 Å². The lowest BCUT2D eigenvalue weighted by Crippen LogP contribution is -2.44. The van der Waals surface area contributed by atoms with E-state index in [1.54, 1.807) is 6.92 Å². The molecule has 1 heterocycles. The van der Waals surface area contributed by atoms with Crippen LogP contribution in [0.15, 0.2) is 18.2 Å². The number of rotatable bonds is 6. The Morgan fingerprint density at radius 1 is 1.25 bits per heavy atom. The Morgan fingerprint density at radius 2 is 2.04 bits per heavy atom. The zero-order chi connectivity index (χ0) is 16.9. The van der Waals surface area contributed by atoms with Gasteiger partial charge < -0.3 is 20.1 Å². The van der Waals surface area contributed by atoms with Crippen LogP contribution >= 0.6 is 0 Å². The van der Waals surface area contributed by atoms with Crippen LogP contribution < -0.4 is 20.1 Å². The third kappa shape index (κ3) is 3.99. The standard InChI is InChI=1S/C18H24N2O4/c1-12(20-16(21)9-13-5-2-3-6-13)18(22)19-10-14-7-4-8-15-17(14)24-11-23-15/h4,7-8,12-13H,2-3,5-6,9-11H2,1H3,(H,19,22)(H,20,21). The molecule has 130 valence electrons.